The summed E-state index contributed by atoms with van der Waals surface area (Å²) < 4.78 is 5.65. The first-order valence-corrected chi connectivity index (χ1v) is 9.68. The van der Waals surface area contributed by atoms with Gasteiger partial charge in [-0.15, -0.1) is 0 Å². The molecular weight excluding hydrogens is 376 g/mol. The smallest absolute Gasteiger partial charge is 0.261 e. The molecule has 0 heterocycles. The monoisotopic (exact) mass is 402 g/mol. The summed E-state index contributed by atoms with van der Waals surface area (Å²) in [6.07, 6.45) is 0. The van der Waals surface area contributed by atoms with Gasteiger partial charge < -0.3 is 15.0 Å². The molecule has 5 nitrogen and oxygen atoms in total. The predicted molar refractivity (Wildman–Crippen MR) is 111 cm³/mol. The molecule has 0 aromatic heterocycles. The molecule has 0 saturated heterocycles. The number of benzene rings is 2. The zero-order valence-electron chi connectivity index (χ0n) is 16.7. The number of amides is 2. The lowest BCUT2D eigenvalue weighted by Crippen LogP contribution is -2.50. The van der Waals surface area contributed by atoms with Crippen LogP contribution in [0.4, 0.5) is 0 Å². The van der Waals surface area contributed by atoms with Crippen LogP contribution in [0.3, 0.4) is 0 Å². The first kappa shape index (κ1) is 21.8. The van der Waals surface area contributed by atoms with Gasteiger partial charge in [-0.1, -0.05) is 41.9 Å². The van der Waals surface area contributed by atoms with Gasteiger partial charge in [0.1, 0.15) is 11.8 Å². The molecule has 1 unspecified atom stereocenters. The summed E-state index contributed by atoms with van der Waals surface area (Å²) >= 11 is 6.26. The van der Waals surface area contributed by atoms with Crippen LogP contribution in [-0.4, -0.2) is 35.4 Å². The fourth-order valence-electron chi connectivity index (χ4n) is 2.73. The molecule has 0 saturated carbocycles. The zero-order valence-corrected chi connectivity index (χ0v) is 17.5. The highest BCUT2D eigenvalue weighted by Gasteiger charge is 2.27. The molecule has 1 N–H and O–H groups in total. The highest BCUT2D eigenvalue weighted by atomic mass is 35.5. The number of carbonyl (C=O) groups excluding carboxylic acids is 2. The van der Waals surface area contributed by atoms with Gasteiger partial charge in [0.2, 0.25) is 5.91 Å². The van der Waals surface area contributed by atoms with Crippen molar-refractivity contribution in [3.05, 3.63) is 64.7 Å². The van der Waals surface area contributed by atoms with Gasteiger partial charge in [-0.25, -0.2) is 0 Å². The molecule has 0 spiro atoms. The van der Waals surface area contributed by atoms with Gasteiger partial charge in [0, 0.05) is 17.6 Å². The number of hydrogen-bond donors (Lipinski definition) is 1. The largest absolute Gasteiger partial charge is 0.484 e. The third-order valence-electron chi connectivity index (χ3n) is 4.25. The molecule has 6 heteroatoms. The summed E-state index contributed by atoms with van der Waals surface area (Å²) in [5.74, 6) is 0.115. The molecule has 0 fully saturated rings. The third-order valence-corrected chi connectivity index (χ3v) is 4.62. The zero-order chi connectivity index (χ0) is 20.7. The normalized spacial score (nSPS) is 11.8. The Kier molecular flexibility index (Phi) is 7.88. The number of ether oxygens (including phenoxy) is 1. The summed E-state index contributed by atoms with van der Waals surface area (Å²) in [4.78, 5) is 26.9. The van der Waals surface area contributed by atoms with E-state index in [9.17, 15) is 9.59 Å². The number of halogens is 1. The summed E-state index contributed by atoms with van der Waals surface area (Å²) in [5.41, 5.74) is 1.82. The summed E-state index contributed by atoms with van der Waals surface area (Å²) in [7, 11) is 0. The topological polar surface area (TPSA) is 58.6 Å². The van der Waals surface area contributed by atoms with Crippen LogP contribution in [0.15, 0.2) is 48.5 Å². The maximum atomic E-state index is 12.9. The minimum Gasteiger partial charge on any atom is -0.484 e. The van der Waals surface area contributed by atoms with Crippen LogP contribution in [-0.2, 0) is 16.1 Å². The Hall–Kier alpha value is -2.53. The molecule has 0 radical (unpaired) electrons. The lowest BCUT2D eigenvalue weighted by Gasteiger charge is -2.29. The van der Waals surface area contributed by atoms with Crippen molar-refractivity contribution in [2.24, 2.45) is 0 Å². The van der Waals surface area contributed by atoms with E-state index < -0.39 is 6.04 Å². The molecule has 2 aromatic rings. The van der Waals surface area contributed by atoms with E-state index >= 15 is 0 Å². The van der Waals surface area contributed by atoms with Crippen LogP contribution in [0.1, 0.15) is 31.9 Å². The van der Waals surface area contributed by atoms with Gasteiger partial charge >= 0.3 is 0 Å². The van der Waals surface area contributed by atoms with Crippen molar-refractivity contribution in [1.29, 1.82) is 0 Å². The molecule has 0 aliphatic rings. The van der Waals surface area contributed by atoms with Crippen LogP contribution in [0.2, 0.25) is 5.02 Å². The Morgan fingerprint density at radius 2 is 1.82 bits per heavy atom. The molecule has 0 aliphatic carbocycles. The molecule has 2 amide bonds. The second-order valence-electron chi connectivity index (χ2n) is 7.06. The van der Waals surface area contributed by atoms with Crippen molar-refractivity contribution in [2.45, 2.75) is 46.3 Å². The Balaban J connectivity index is 2.17. The van der Waals surface area contributed by atoms with E-state index in [0.717, 1.165) is 11.1 Å². The van der Waals surface area contributed by atoms with Crippen LogP contribution in [0.25, 0.3) is 0 Å². The SMILES string of the molecule is Cc1cccc(OCC(=O)N(Cc2ccccc2Cl)C(C)C(=O)NC(C)C)c1. The van der Waals surface area contributed by atoms with E-state index in [1.807, 2.05) is 57.2 Å². The molecular formula is C22H27ClN2O3. The molecule has 150 valence electrons. The van der Waals surface area contributed by atoms with E-state index in [1.54, 1.807) is 19.1 Å². The van der Waals surface area contributed by atoms with Crippen molar-refractivity contribution >= 4 is 23.4 Å². The van der Waals surface area contributed by atoms with Gasteiger partial charge in [0.05, 0.1) is 0 Å². The molecule has 0 aliphatic heterocycles. The number of hydrogen-bond acceptors (Lipinski definition) is 3. The standard InChI is InChI=1S/C22H27ClN2O3/c1-15(2)24-22(27)17(4)25(13-18-9-5-6-11-20(18)23)21(26)14-28-19-10-7-8-16(3)12-19/h5-12,15,17H,13-14H2,1-4H3,(H,24,27). The van der Waals surface area contributed by atoms with Crippen LogP contribution < -0.4 is 10.1 Å². The number of rotatable bonds is 8. The average molecular weight is 403 g/mol. The van der Waals surface area contributed by atoms with Crippen LogP contribution in [0.5, 0.6) is 5.75 Å². The van der Waals surface area contributed by atoms with Crippen molar-refractivity contribution in [3.63, 3.8) is 0 Å². The van der Waals surface area contributed by atoms with Crippen LogP contribution >= 0.6 is 11.6 Å². The van der Waals surface area contributed by atoms with Crippen molar-refractivity contribution in [2.75, 3.05) is 6.61 Å². The second-order valence-corrected chi connectivity index (χ2v) is 7.46. The quantitative estimate of drug-likeness (QED) is 0.726. The minimum atomic E-state index is -0.660. The van der Waals surface area contributed by atoms with Gasteiger partial charge in [0.25, 0.3) is 5.91 Å². The highest BCUT2D eigenvalue weighted by Crippen LogP contribution is 2.19. The Labute approximate surface area is 171 Å². The highest BCUT2D eigenvalue weighted by molar-refractivity contribution is 6.31. The maximum Gasteiger partial charge on any atom is 0.261 e. The molecule has 1 atom stereocenters. The minimum absolute atomic E-state index is 0.0178. The first-order valence-electron chi connectivity index (χ1n) is 9.30. The second kappa shape index (κ2) is 10.1. The lowest BCUT2D eigenvalue weighted by atomic mass is 10.1. The summed E-state index contributed by atoms with van der Waals surface area (Å²) in [6, 6.07) is 14.1. The Morgan fingerprint density at radius 1 is 1.11 bits per heavy atom. The Bertz CT molecular complexity index is 823. The number of aryl methyl sites for hydroxylation is 1. The first-order chi connectivity index (χ1) is 13.3. The lowest BCUT2D eigenvalue weighted by molar-refractivity contribution is -0.142. The fraction of sp³-hybridized carbons (Fsp3) is 0.364. The molecule has 0 bridgehead atoms. The maximum absolute atomic E-state index is 12.9. The van der Waals surface area contributed by atoms with Crippen LogP contribution in [0, 0.1) is 6.92 Å². The summed E-state index contributed by atoms with van der Waals surface area (Å²) in [5, 5.41) is 3.41. The van der Waals surface area contributed by atoms with E-state index in [0.29, 0.717) is 10.8 Å². The van der Waals surface area contributed by atoms with Gasteiger partial charge in [-0.2, -0.15) is 0 Å². The van der Waals surface area contributed by atoms with Gasteiger partial charge in [-0.3, -0.25) is 9.59 Å². The number of carbonyl (C=O) groups is 2. The van der Waals surface area contributed by atoms with Gasteiger partial charge in [-0.05, 0) is 57.0 Å². The van der Waals surface area contributed by atoms with E-state index in [2.05, 4.69) is 5.32 Å². The molecule has 2 rings (SSSR count). The van der Waals surface area contributed by atoms with Crippen molar-refractivity contribution in [1.82, 2.24) is 10.2 Å². The van der Waals surface area contributed by atoms with Crippen molar-refractivity contribution in [3.8, 4) is 5.75 Å². The number of nitrogens with one attached hydrogen (secondary N) is 1. The van der Waals surface area contributed by atoms with Gasteiger partial charge in [0.15, 0.2) is 6.61 Å². The number of nitrogens with zero attached hydrogens (tertiary/aromatic N) is 1. The molecule has 2 aromatic carbocycles. The summed E-state index contributed by atoms with van der Waals surface area (Å²) in [6.45, 7) is 7.49. The Morgan fingerprint density at radius 3 is 2.46 bits per heavy atom. The third kappa shape index (κ3) is 6.27. The predicted octanol–water partition coefficient (Wildman–Crippen LogP) is 3.97. The van der Waals surface area contributed by atoms with E-state index in [-0.39, 0.29) is 31.0 Å². The average Bonchev–Trinajstić information content (AvgIpc) is 2.64. The molecule has 28 heavy (non-hydrogen) atoms. The van der Waals surface area contributed by atoms with Crippen molar-refractivity contribution < 1.29 is 14.3 Å². The fourth-order valence-corrected chi connectivity index (χ4v) is 2.93. The van der Waals surface area contributed by atoms with E-state index in [1.165, 1.54) is 4.90 Å². The van der Waals surface area contributed by atoms with E-state index in [4.69, 9.17) is 16.3 Å².